The zero-order chi connectivity index (χ0) is 22.8. The summed E-state index contributed by atoms with van der Waals surface area (Å²) in [5.74, 6) is 0.369. The van der Waals surface area contributed by atoms with Crippen molar-refractivity contribution in [3.8, 4) is 17.2 Å². The van der Waals surface area contributed by atoms with Crippen LogP contribution in [0.5, 0.6) is 17.2 Å². The number of benzene rings is 3. The lowest BCUT2D eigenvalue weighted by Crippen LogP contribution is -1.97. The quantitative estimate of drug-likeness (QED) is 0.436. The Bertz CT molecular complexity index is 1280. The van der Waals surface area contributed by atoms with E-state index in [1.54, 1.807) is 24.3 Å². The molecule has 0 bridgehead atoms. The predicted octanol–water partition coefficient (Wildman–Crippen LogP) is 7.08. The van der Waals surface area contributed by atoms with Crippen LogP contribution in [0, 0.1) is 5.82 Å². The predicted molar refractivity (Wildman–Crippen MR) is 124 cm³/mol. The minimum Gasteiger partial charge on any atom is -0.495 e. The molecule has 0 aliphatic heterocycles. The minimum absolute atomic E-state index is 0.165. The van der Waals surface area contributed by atoms with Gasteiger partial charge >= 0.3 is 5.97 Å². The second kappa shape index (κ2) is 8.89. The molecule has 6 heteroatoms. The highest BCUT2D eigenvalue weighted by atomic mass is 35.5. The number of ether oxygens (including phenoxy) is 2. The third-order valence-electron chi connectivity index (χ3n) is 5.31. The lowest BCUT2D eigenvalue weighted by molar-refractivity contribution is -0.135. The van der Waals surface area contributed by atoms with Crippen molar-refractivity contribution < 1.29 is 23.8 Å². The summed E-state index contributed by atoms with van der Waals surface area (Å²) in [5, 5.41) is 9.81. The number of halogens is 2. The van der Waals surface area contributed by atoms with Crippen molar-refractivity contribution in [2.45, 2.75) is 13.3 Å². The van der Waals surface area contributed by atoms with E-state index in [4.69, 9.17) is 21.1 Å². The van der Waals surface area contributed by atoms with Crippen LogP contribution in [0.4, 0.5) is 4.39 Å². The summed E-state index contributed by atoms with van der Waals surface area (Å²) < 4.78 is 25.1. The van der Waals surface area contributed by atoms with E-state index in [0.717, 1.165) is 22.3 Å². The summed E-state index contributed by atoms with van der Waals surface area (Å²) in [4.78, 5) is 11.4. The summed E-state index contributed by atoms with van der Waals surface area (Å²) in [6.45, 7) is 1.86. The number of methoxy groups -OCH3 is 1. The molecule has 0 atom stereocenters. The van der Waals surface area contributed by atoms with Gasteiger partial charge in [-0.15, -0.1) is 0 Å². The summed E-state index contributed by atoms with van der Waals surface area (Å²) in [6, 6.07) is 17.1. The SMILES string of the molecule is COc1cc(Oc2cccc(/C=C3/C(C)=C(CC(=O)O)c4cc(F)ccc43)c2)ccc1Cl. The molecular weight excluding hydrogens is 431 g/mol. The number of fused-ring (bicyclic) bond motifs is 1. The average Bonchev–Trinajstić information content (AvgIpc) is 3.00. The second-order valence-corrected chi connectivity index (χ2v) is 7.80. The summed E-state index contributed by atoms with van der Waals surface area (Å²) in [5.41, 5.74) is 4.61. The van der Waals surface area contributed by atoms with Crippen molar-refractivity contribution in [3.63, 3.8) is 0 Å². The molecule has 0 radical (unpaired) electrons. The van der Waals surface area contributed by atoms with Crippen LogP contribution in [-0.2, 0) is 4.79 Å². The van der Waals surface area contributed by atoms with E-state index in [9.17, 15) is 14.3 Å². The van der Waals surface area contributed by atoms with E-state index in [-0.39, 0.29) is 6.42 Å². The van der Waals surface area contributed by atoms with Crippen molar-refractivity contribution in [1.82, 2.24) is 0 Å². The van der Waals surface area contributed by atoms with E-state index in [1.807, 2.05) is 37.3 Å². The molecule has 3 aromatic carbocycles. The van der Waals surface area contributed by atoms with E-state index in [1.165, 1.54) is 19.2 Å². The molecule has 0 unspecified atom stereocenters. The van der Waals surface area contributed by atoms with E-state index < -0.39 is 11.8 Å². The maximum absolute atomic E-state index is 13.9. The first kappa shape index (κ1) is 21.7. The van der Waals surface area contributed by atoms with Gasteiger partial charge in [0.2, 0.25) is 0 Å². The molecule has 1 N–H and O–H groups in total. The van der Waals surface area contributed by atoms with Crippen LogP contribution in [0.3, 0.4) is 0 Å². The highest BCUT2D eigenvalue weighted by Crippen LogP contribution is 2.44. The monoisotopic (exact) mass is 450 g/mol. The molecule has 1 aliphatic rings. The zero-order valence-electron chi connectivity index (χ0n) is 17.5. The molecule has 32 heavy (non-hydrogen) atoms. The molecule has 0 heterocycles. The third-order valence-corrected chi connectivity index (χ3v) is 5.62. The summed E-state index contributed by atoms with van der Waals surface area (Å²) >= 11 is 6.07. The van der Waals surface area contributed by atoms with Crippen molar-refractivity contribution in [2.75, 3.05) is 7.11 Å². The Morgan fingerprint density at radius 1 is 1.06 bits per heavy atom. The van der Waals surface area contributed by atoms with Crippen LogP contribution < -0.4 is 9.47 Å². The Balaban J connectivity index is 1.70. The number of hydrogen-bond acceptors (Lipinski definition) is 3. The van der Waals surface area contributed by atoms with Gasteiger partial charge in [0.15, 0.2) is 0 Å². The van der Waals surface area contributed by atoms with Gasteiger partial charge in [-0.3, -0.25) is 4.79 Å². The lowest BCUT2D eigenvalue weighted by Gasteiger charge is -2.10. The molecule has 0 amide bonds. The highest BCUT2D eigenvalue weighted by molar-refractivity contribution is 6.32. The largest absolute Gasteiger partial charge is 0.495 e. The fourth-order valence-corrected chi connectivity index (χ4v) is 4.00. The molecule has 162 valence electrons. The number of aliphatic carboxylic acids is 1. The summed E-state index contributed by atoms with van der Waals surface area (Å²) in [6.07, 6.45) is 1.79. The maximum atomic E-state index is 13.9. The minimum atomic E-state index is -0.954. The summed E-state index contributed by atoms with van der Waals surface area (Å²) in [7, 11) is 1.54. The Hall–Kier alpha value is -3.57. The molecular formula is C26H20ClFO4. The molecule has 0 fully saturated rings. The number of rotatable bonds is 6. The molecule has 0 saturated carbocycles. The molecule has 4 rings (SSSR count). The smallest absolute Gasteiger partial charge is 0.307 e. The first-order valence-electron chi connectivity index (χ1n) is 9.91. The first-order valence-corrected chi connectivity index (χ1v) is 10.3. The molecule has 4 nitrogen and oxygen atoms in total. The van der Waals surface area contributed by atoms with E-state index in [2.05, 4.69) is 0 Å². The van der Waals surface area contributed by atoms with Gasteiger partial charge in [-0.05, 0) is 82.8 Å². The van der Waals surface area contributed by atoms with Gasteiger partial charge in [0.25, 0.3) is 0 Å². The molecule has 3 aromatic rings. The zero-order valence-corrected chi connectivity index (χ0v) is 18.2. The normalized spacial score (nSPS) is 13.9. The van der Waals surface area contributed by atoms with E-state index >= 15 is 0 Å². The second-order valence-electron chi connectivity index (χ2n) is 7.39. The van der Waals surface area contributed by atoms with Crippen molar-refractivity contribution in [1.29, 1.82) is 0 Å². The molecule has 0 spiro atoms. The van der Waals surface area contributed by atoms with Crippen molar-refractivity contribution in [3.05, 3.63) is 93.8 Å². The van der Waals surface area contributed by atoms with E-state index in [0.29, 0.717) is 33.4 Å². The van der Waals surface area contributed by atoms with Crippen LogP contribution >= 0.6 is 11.6 Å². The fraction of sp³-hybridized carbons (Fsp3) is 0.115. The van der Waals surface area contributed by atoms with Crippen LogP contribution in [-0.4, -0.2) is 18.2 Å². The van der Waals surface area contributed by atoms with Crippen molar-refractivity contribution in [2.24, 2.45) is 0 Å². The Labute approximate surface area is 190 Å². The van der Waals surface area contributed by atoms with Gasteiger partial charge < -0.3 is 14.6 Å². The van der Waals surface area contributed by atoms with Crippen LogP contribution in [0.1, 0.15) is 30.0 Å². The van der Waals surface area contributed by atoms with Crippen LogP contribution in [0.15, 0.2) is 66.2 Å². The van der Waals surface area contributed by atoms with Gasteiger partial charge in [-0.2, -0.15) is 0 Å². The standard InChI is InChI=1S/C26H20ClFO4/c1-15-21(20-8-6-17(28)12-23(20)22(15)14-26(29)30)11-16-4-3-5-18(10-16)32-19-7-9-24(27)25(13-19)31-2/h3-13H,14H2,1-2H3,(H,29,30)/b21-11-. The van der Waals surface area contributed by atoms with Gasteiger partial charge in [0.05, 0.1) is 18.6 Å². The topological polar surface area (TPSA) is 55.8 Å². The van der Waals surface area contributed by atoms with Gasteiger partial charge in [-0.25, -0.2) is 4.39 Å². The fourth-order valence-electron chi connectivity index (χ4n) is 3.81. The molecule has 0 aromatic heterocycles. The van der Waals surface area contributed by atoms with Gasteiger partial charge in [-0.1, -0.05) is 29.8 Å². The number of carbonyl (C=O) groups is 1. The van der Waals surface area contributed by atoms with Crippen LogP contribution in [0.2, 0.25) is 5.02 Å². The Morgan fingerprint density at radius 2 is 1.84 bits per heavy atom. The van der Waals surface area contributed by atoms with Gasteiger partial charge in [0, 0.05) is 6.07 Å². The molecule has 1 aliphatic carbocycles. The Kier molecular flexibility index (Phi) is 6.01. The van der Waals surface area contributed by atoms with Crippen LogP contribution in [0.25, 0.3) is 17.2 Å². The molecule has 0 saturated heterocycles. The van der Waals surface area contributed by atoms with Crippen molar-refractivity contribution >= 4 is 34.8 Å². The first-order chi connectivity index (χ1) is 15.4. The van der Waals surface area contributed by atoms with Gasteiger partial charge in [0.1, 0.15) is 23.1 Å². The average molecular weight is 451 g/mol. The number of carboxylic acid groups (broad SMARTS) is 1. The lowest BCUT2D eigenvalue weighted by atomic mass is 10.0. The number of hydrogen-bond donors (Lipinski definition) is 1. The highest BCUT2D eigenvalue weighted by Gasteiger charge is 2.25. The third kappa shape index (κ3) is 4.39. The number of allylic oxidation sites excluding steroid dienone is 2. The number of carboxylic acids is 1. The Morgan fingerprint density at radius 3 is 2.59 bits per heavy atom. The maximum Gasteiger partial charge on any atom is 0.307 e.